The van der Waals surface area contributed by atoms with Gasteiger partial charge < -0.3 is 10.2 Å². The third kappa shape index (κ3) is 4.61. The van der Waals surface area contributed by atoms with Gasteiger partial charge in [0.15, 0.2) is 5.78 Å². The first-order chi connectivity index (χ1) is 15.2. The highest BCUT2D eigenvalue weighted by Gasteiger charge is 2.48. The number of hydrogen-bond donors (Lipinski definition) is 2. The van der Waals surface area contributed by atoms with Crippen molar-refractivity contribution < 1.29 is 15.0 Å². The molecule has 0 heterocycles. The van der Waals surface area contributed by atoms with Crippen molar-refractivity contribution >= 4 is 5.78 Å². The fraction of sp³-hybridized carbons (Fsp3) is 0.690. The number of ketones is 1. The third-order valence-electron chi connectivity index (χ3n) is 9.19. The molecule has 3 nitrogen and oxygen atoms in total. The summed E-state index contributed by atoms with van der Waals surface area (Å²) in [6.07, 6.45) is 20.0. The van der Waals surface area contributed by atoms with E-state index in [1.54, 1.807) is 12.5 Å². The molecule has 0 saturated heterocycles. The lowest BCUT2D eigenvalue weighted by Crippen LogP contribution is -2.39. The molecule has 176 valence electrons. The van der Waals surface area contributed by atoms with E-state index in [1.165, 1.54) is 37.7 Å². The molecule has 0 spiro atoms. The van der Waals surface area contributed by atoms with Crippen molar-refractivity contribution in [1.29, 1.82) is 0 Å². The second-order valence-electron chi connectivity index (χ2n) is 11.3. The Balaban J connectivity index is 1.42. The fourth-order valence-corrected chi connectivity index (χ4v) is 7.10. The minimum Gasteiger partial charge on any atom is -0.388 e. The lowest BCUT2D eigenvalue weighted by Gasteiger charge is -2.42. The van der Waals surface area contributed by atoms with E-state index in [1.807, 2.05) is 0 Å². The normalized spacial score (nSPS) is 42.1. The molecule has 4 aliphatic carbocycles. The Kier molecular flexibility index (Phi) is 6.98. The summed E-state index contributed by atoms with van der Waals surface area (Å²) >= 11 is 0. The van der Waals surface area contributed by atoms with Crippen molar-refractivity contribution in [1.82, 2.24) is 0 Å². The number of fused-ring (bicyclic) bond motifs is 1. The smallest absolute Gasteiger partial charge is 0.189 e. The Bertz CT molecular complexity index is 842. The molecule has 2 N–H and O–H groups in total. The van der Waals surface area contributed by atoms with Gasteiger partial charge in [0.05, 0.1) is 6.10 Å². The summed E-state index contributed by atoms with van der Waals surface area (Å²) in [6, 6.07) is 0. The van der Waals surface area contributed by atoms with Crippen LogP contribution < -0.4 is 0 Å². The lowest BCUT2D eigenvalue weighted by molar-refractivity contribution is -0.134. The van der Waals surface area contributed by atoms with Gasteiger partial charge in [0, 0.05) is 0 Å². The average molecular weight is 439 g/mol. The molecule has 4 aliphatic rings. The highest BCUT2D eigenvalue weighted by atomic mass is 16.3. The van der Waals surface area contributed by atoms with Gasteiger partial charge in [-0.25, -0.2) is 0 Å². The van der Waals surface area contributed by atoms with Crippen LogP contribution in [-0.2, 0) is 4.79 Å². The fourth-order valence-electron chi connectivity index (χ4n) is 7.10. The molecule has 0 amide bonds. The highest BCUT2D eigenvalue weighted by molar-refractivity contribution is 6.02. The molecular weight excluding hydrogens is 396 g/mol. The summed E-state index contributed by atoms with van der Waals surface area (Å²) in [5.41, 5.74) is 3.79. The average Bonchev–Trinajstić information content (AvgIpc) is 3.09. The number of allylic oxidation sites excluding steroid dienone is 4. The molecule has 0 aromatic carbocycles. The summed E-state index contributed by atoms with van der Waals surface area (Å²) < 4.78 is 0. The number of hydrogen-bond acceptors (Lipinski definition) is 3. The van der Waals surface area contributed by atoms with Crippen LogP contribution in [0.3, 0.4) is 0 Å². The van der Waals surface area contributed by atoms with Gasteiger partial charge in [-0.1, -0.05) is 37.3 Å². The van der Waals surface area contributed by atoms with Gasteiger partial charge in [0.2, 0.25) is 0 Å². The summed E-state index contributed by atoms with van der Waals surface area (Å²) in [4.78, 5) is 12.5. The van der Waals surface area contributed by atoms with Gasteiger partial charge >= 0.3 is 0 Å². The minimum atomic E-state index is -1.16. The first-order valence-electron chi connectivity index (χ1n) is 13.0. The SMILES string of the molecule is C=C1/C(=C\C=C2/CCCC3(C)C(CC/C=C4\CCCC(C)(O)C4=O)CCC23)CCCC1O. The number of aliphatic hydroxyl groups is 2. The Morgan fingerprint density at radius 2 is 1.75 bits per heavy atom. The predicted octanol–water partition coefficient (Wildman–Crippen LogP) is 6.37. The van der Waals surface area contributed by atoms with E-state index in [2.05, 4.69) is 31.7 Å². The number of carbonyl (C=O) groups excluding carboxylic acids is 1. The Hall–Kier alpha value is -1.45. The monoisotopic (exact) mass is 438 g/mol. The molecule has 0 aromatic rings. The van der Waals surface area contributed by atoms with E-state index < -0.39 is 5.60 Å². The van der Waals surface area contributed by atoms with Crippen molar-refractivity contribution in [3.63, 3.8) is 0 Å². The topological polar surface area (TPSA) is 57.5 Å². The summed E-state index contributed by atoms with van der Waals surface area (Å²) in [5, 5.41) is 20.4. The minimum absolute atomic E-state index is 0.0513. The van der Waals surface area contributed by atoms with Crippen molar-refractivity contribution in [3.8, 4) is 0 Å². The van der Waals surface area contributed by atoms with Crippen molar-refractivity contribution in [2.45, 2.75) is 109 Å². The number of rotatable bonds is 4. The van der Waals surface area contributed by atoms with E-state index >= 15 is 0 Å². The molecule has 0 aliphatic heterocycles. The molecule has 5 atom stereocenters. The first-order valence-corrected chi connectivity index (χ1v) is 13.0. The molecule has 3 heteroatoms. The van der Waals surface area contributed by atoms with Crippen LogP contribution in [0.1, 0.15) is 97.3 Å². The maximum absolute atomic E-state index is 12.5. The molecule has 0 aromatic heterocycles. The molecule has 4 fully saturated rings. The maximum Gasteiger partial charge on any atom is 0.189 e. The number of Topliss-reactive ketones (excluding diaryl/α,β-unsaturated/α-hetero) is 1. The van der Waals surface area contributed by atoms with E-state index in [0.29, 0.717) is 23.7 Å². The van der Waals surface area contributed by atoms with Gasteiger partial charge in [-0.05, 0) is 124 Å². The second-order valence-corrected chi connectivity index (χ2v) is 11.3. The summed E-state index contributed by atoms with van der Waals surface area (Å²) in [7, 11) is 0. The van der Waals surface area contributed by atoms with Gasteiger partial charge in [-0.3, -0.25) is 4.79 Å². The summed E-state index contributed by atoms with van der Waals surface area (Å²) in [6.45, 7) is 8.29. The molecular formula is C29H42O3. The van der Waals surface area contributed by atoms with E-state index in [9.17, 15) is 15.0 Å². The second kappa shape index (κ2) is 9.43. The summed E-state index contributed by atoms with van der Waals surface area (Å²) in [5.74, 6) is 1.31. The van der Waals surface area contributed by atoms with Gasteiger partial charge in [0.25, 0.3) is 0 Å². The first kappa shape index (κ1) is 23.7. The van der Waals surface area contributed by atoms with Crippen LogP contribution >= 0.6 is 0 Å². The Morgan fingerprint density at radius 1 is 1.00 bits per heavy atom. The van der Waals surface area contributed by atoms with Gasteiger partial charge in [-0.15, -0.1) is 0 Å². The lowest BCUT2D eigenvalue weighted by atomic mass is 9.62. The number of aliphatic hydroxyl groups excluding tert-OH is 1. The number of carbonyl (C=O) groups is 1. The van der Waals surface area contributed by atoms with Crippen LogP contribution in [-0.4, -0.2) is 27.7 Å². The van der Waals surface area contributed by atoms with E-state index in [-0.39, 0.29) is 11.9 Å². The molecule has 5 unspecified atom stereocenters. The molecule has 0 bridgehead atoms. The third-order valence-corrected chi connectivity index (χ3v) is 9.19. The van der Waals surface area contributed by atoms with Crippen molar-refractivity contribution in [3.05, 3.63) is 47.1 Å². The molecule has 4 saturated carbocycles. The highest BCUT2D eigenvalue weighted by Crippen LogP contribution is 2.58. The van der Waals surface area contributed by atoms with Crippen LogP contribution in [0.2, 0.25) is 0 Å². The standard InChI is InChI=1S/C29H42O3/c1-20-21(8-5-13-26(20)30)14-15-22-10-6-18-28(2)24(16-17-25(22)28)12-4-9-23-11-7-19-29(3,32)27(23)31/h9,14-15,24-26,30,32H,1,4-8,10-13,16-19H2,2-3H3/b21-14-,22-15+,23-9+. The largest absolute Gasteiger partial charge is 0.388 e. The van der Waals surface area contributed by atoms with Gasteiger partial charge in [-0.2, -0.15) is 0 Å². The molecule has 32 heavy (non-hydrogen) atoms. The Morgan fingerprint density at radius 3 is 2.56 bits per heavy atom. The van der Waals surface area contributed by atoms with Crippen LogP contribution in [0.25, 0.3) is 0 Å². The zero-order valence-electron chi connectivity index (χ0n) is 20.2. The van der Waals surface area contributed by atoms with Crippen LogP contribution in [0.5, 0.6) is 0 Å². The zero-order chi connectivity index (χ0) is 22.9. The molecule has 4 rings (SSSR count). The van der Waals surface area contributed by atoms with Crippen LogP contribution in [0, 0.1) is 17.3 Å². The predicted molar refractivity (Wildman–Crippen MR) is 130 cm³/mol. The maximum atomic E-state index is 12.5. The molecule has 0 radical (unpaired) electrons. The zero-order valence-corrected chi connectivity index (χ0v) is 20.2. The van der Waals surface area contributed by atoms with Gasteiger partial charge in [0.1, 0.15) is 5.60 Å². The quantitative estimate of drug-likeness (QED) is 0.502. The van der Waals surface area contributed by atoms with Crippen molar-refractivity contribution in [2.24, 2.45) is 17.3 Å². The van der Waals surface area contributed by atoms with E-state index in [0.717, 1.165) is 56.1 Å². The van der Waals surface area contributed by atoms with Crippen LogP contribution in [0.15, 0.2) is 47.1 Å². The van der Waals surface area contributed by atoms with E-state index in [4.69, 9.17) is 0 Å². The van der Waals surface area contributed by atoms with Crippen molar-refractivity contribution in [2.75, 3.05) is 0 Å². The van der Waals surface area contributed by atoms with Crippen LogP contribution in [0.4, 0.5) is 0 Å². The Labute approximate surface area is 194 Å².